The van der Waals surface area contributed by atoms with Crippen LogP contribution in [0.2, 0.25) is 5.02 Å². The number of aromatic nitrogens is 2. The summed E-state index contributed by atoms with van der Waals surface area (Å²) >= 11 is 5.86. The van der Waals surface area contributed by atoms with E-state index in [0.717, 1.165) is 0 Å². The number of benzene rings is 1. The average molecular weight is 315 g/mol. The summed E-state index contributed by atoms with van der Waals surface area (Å²) in [6.45, 7) is 2.37. The van der Waals surface area contributed by atoms with Gasteiger partial charge in [-0.3, -0.25) is 4.68 Å². The molecule has 20 heavy (non-hydrogen) atoms. The molecule has 2 rings (SSSR count). The zero-order valence-electron chi connectivity index (χ0n) is 10.9. The van der Waals surface area contributed by atoms with Gasteiger partial charge in [0.05, 0.1) is 22.2 Å². The van der Waals surface area contributed by atoms with Gasteiger partial charge < -0.3 is 5.73 Å². The molecule has 1 heterocycles. The molecule has 6 nitrogen and oxygen atoms in total. The molecule has 0 saturated carbocycles. The second kappa shape index (κ2) is 5.82. The molecule has 0 fully saturated rings. The lowest BCUT2D eigenvalue weighted by molar-refractivity contribution is 0.560. The van der Waals surface area contributed by atoms with E-state index in [0.29, 0.717) is 17.1 Å². The monoisotopic (exact) mass is 314 g/mol. The van der Waals surface area contributed by atoms with Gasteiger partial charge in [0.15, 0.2) is 0 Å². The minimum atomic E-state index is -3.61. The van der Waals surface area contributed by atoms with Gasteiger partial charge in [-0.2, -0.15) is 5.10 Å². The van der Waals surface area contributed by atoms with Crippen LogP contribution < -0.4 is 10.5 Å². The number of aryl methyl sites for hydroxylation is 1. The number of nitrogen functional groups attached to an aromatic ring is 1. The summed E-state index contributed by atoms with van der Waals surface area (Å²) in [5.41, 5.74) is 6.45. The molecule has 0 aliphatic carbocycles. The molecule has 3 N–H and O–H groups in total. The fourth-order valence-corrected chi connectivity index (χ4v) is 3.26. The van der Waals surface area contributed by atoms with E-state index < -0.39 is 10.0 Å². The van der Waals surface area contributed by atoms with Crippen molar-refractivity contribution < 1.29 is 8.42 Å². The summed E-state index contributed by atoms with van der Waals surface area (Å²) in [7, 11) is -3.61. The highest BCUT2D eigenvalue weighted by atomic mass is 35.5. The molecule has 8 heteroatoms. The first-order valence-electron chi connectivity index (χ1n) is 5.93. The van der Waals surface area contributed by atoms with E-state index in [1.54, 1.807) is 36.1 Å². The van der Waals surface area contributed by atoms with E-state index in [1.807, 2.05) is 0 Å². The Bertz CT molecular complexity index is 698. The smallest absolute Gasteiger partial charge is 0.240 e. The predicted octanol–water partition coefficient (Wildman–Crippen LogP) is 1.41. The Morgan fingerprint density at radius 2 is 2.20 bits per heavy atom. The molecule has 1 aromatic heterocycles. The molecule has 0 amide bonds. The number of rotatable bonds is 5. The van der Waals surface area contributed by atoms with Crippen molar-refractivity contribution in [3.8, 4) is 0 Å². The minimum absolute atomic E-state index is 0.139. The molecule has 108 valence electrons. The minimum Gasteiger partial charge on any atom is -0.397 e. The van der Waals surface area contributed by atoms with Gasteiger partial charge in [0, 0.05) is 18.9 Å². The standard InChI is InChI=1S/C12H15ClN4O2S/c1-9-7-10(13)11(14)8-12(9)20(18,19)16-4-6-17-5-2-3-15-17/h2-3,5,7-8,16H,4,6,14H2,1H3. The van der Waals surface area contributed by atoms with Gasteiger partial charge >= 0.3 is 0 Å². The highest BCUT2D eigenvalue weighted by molar-refractivity contribution is 7.89. The van der Waals surface area contributed by atoms with E-state index in [-0.39, 0.29) is 17.1 Å². The van der Waals surface area contributed by atoms with Crippen molar-refractivity contribution >= 4 is 27.3 Å². The van der Waals surface area contributed by atoms with Crippen molar-refractivity contribution in [3.63, 3.8) is 0 Å². The molecule has 0 aliphatic rings. The SMILES string of the molecule is Cc1cc(Cl)c(N)cc1S(=O)(=O)NCCn1cccn1. The van der Waals surface area contributed by atoms with E-state index in [1.165, 1.54) is 6.07 Å². The molecule has 0 radical (unpaired) electrons. The van der Waals surface area contributed by atoms with Crippen LogP contribution in [-0.4, -0.2) is 24.7 Å². The molecule has 0 atom stereocenters. The van der Waals surface area contributed by atoms with Gasteiger partial charge in [-0.25, -0.2) is 13.1 Å². The van der Waals surface area contributed by atoms with Crippen molar-refractivity contribution in [3.05, 3.63) is 41.2 Å². The third kappa shape index (κ3) is 3.30. The van der Waals surface area contributed by atoms with E-state index in [2.05, 4.69) is 9.82 Å². The highest BCUT2D eigenvalue weighted by Gasteiger charge is 2.17. The molecule has 0 unspecified atom stereocenters. The molecule has 0 saturated heterocycles. The van der Waals surface area contributed by atoms with Crippen LogP contribution in [0.4, 0.5) is 5.69 Å². The van der Waals surface area contributed by atoms with Crippen LogP contribution in [-0.2, 0) is 16.6 Å². The first-order chi connectivity index (χ1) is 9.40. The second-order valence-corrected chi connectivity index (χ2v) is 6.45. The molecule has 2 aromatic rings. The van der Waals surface area contributed by atoms with Crippen molar-refractivity contribution in [1.29, 1.82) is 0 Å². The number of hydrogen-bond acceptors (Lipinski definition) is 4. The summed E-state index contributed by atoms with van der Waals surface area (Å²) in [6.07, 6.45) is 3.40. The third-order valence-electron chi connectivity index (χ3n) is 2.78. The molecular weight excluding hydrogens is 300 g/mol. The van der Waals surface area contributed by atoms with Crippen LogP contribution in [0.1, 0.15) is 5.56 Å². The highest BCUT2D eigenvalue weighted by Crippen LogP contribution is 2.25. The maximum absolute atomic E-state index is 12.2. The Balaban J connectivity index is 2.12. The fraction of sp³-hybridized carbons (Fsp3) is 0.250. The van der Waals surface area contributed by atoms with E-state index >= 15 is 0 Å². The molecule has 0 spiro atoms. The first kappa shape index (κ1) is 14.8. The third-order valence-corrected chi connectivity index (χ3v) is 4.71. The average Bonchev–Trinajstić information content (AvgIpc) is 2.86. The van der Waals surface area contributed by atoms with Gasteiger partial charge in [-0.05, 0) is 30.7 Å². The molecule has 1 aromatic carbocycles. The largest absolute Gasteiger partial charge is 0.397 e. The number of nitrogens with one attached hydrogen (secondary N) is 1. The van der Waals surface area contributed by atoms with Gasteiger partial charge in [0.2, 0.25) is 10.0 Å². The normalized spacial score (nSPS) is 11.7. The summed E-state index contributed by atoms with van der Waals surface area (Å²) in [5.74, 6) is 0. The lowest BCUT2D eigenvalue weighted by Crippen LogP contribution is -2.28. The Morgan fingerprint density at radius 3 is 2.85 bits per heavy atom. The predicted molar refractivity (Wildman–Crippen MR) is 78.0 cm³/mol. The topological polar surface area (TPSA) is 90.0 Å². The number of halogens is 1. The van der Waals surface area contributed by atoms with Gasteiger partial charge in [-0.15, -0.1) is 0 Å². The Kier molecular flexibility index (Phi) is 4.32. The number of anilines is 1. The number of nitrogens with zero attached hydrogens (tertiary/aromatic N) is 2. The van der Waals surface area contributed by atoms with Crippen LogP contribution in [0.5, 0.6) is 0 Å². The summed E-state index contributed by atoms with van der Waals surface area (Å²) in [5, 5.41) is 4.34. The summed E-state index contributed by atoms with van der Waals surface area (Å²) < 4.78 is 28.6. The molecular formula is C12H15ClN4O2S. The number of nitrogens with two attached hydrogens (primary N) is 1. The zero-order valence-corrected chi connectivity index (χ0v) is 12.4. The molecule has 0 aliphatic heterocycles. The van der Waals surface area contributed by atoms with Gasteiger partial charge in [0.25, 0.3) is 0 Å². The lowest BCUT2D eigenvalue weighted by Gasteiger charge is -2.11. The van der Waals surface area contributed by atoms with Crippen LogP contribution in [0, 0.1) is 6.92 Å². The van der Waals surface area contributed by atoms with Crippen LogP contribution in [0.25, 0.3) is 0 Å². The van der Waals surface area contributed by atoms with Crippen LogP contribution in [0.15, 0.2) is 35.5 Å². The van der Waals surface area contributed by atoms with Crippen LogP contribution in [0.3, 0.4) is 0 Å². The van der Waals surface area contributed by atoms with E-state index in [9.17, 15) is 8.42 Å². The maximum Gasteiger partial charge on any atom is 0.240 e. The quantitative estimate of drug-likeness (QED) is 0.816. The van der Waals surface area contributed by atoms with Crippen LogP contribution >= 0.6 is 11.6 Å². The van der Waals surface area contributed by atoms with Crippen molar-refractivity contribution in [2.75, 3.05) is 12.3 Å². The lowest BCUT2D eigenvalue weighted by atomic mass is 10.2. The van der Waals surface area contributed by atoms with Crippen molar-refractivity contribution in [2.45, 2.75) is 18.4 Å². The second-order valence-electron chi connectivity index (χ2n) is 4.31. The van der Waals surface area contributed by atoms with Gasteiger partial charge in [-0.1, -0.05) is 11.6 Å². The zero-order chi connectivity index (χ0) is 14.8. The number of sulfonamides is 1. The Morgan fingerprint density at radius 1 is 1.45 bits per heavy atom. The van der Waals surface area contributed by atoms with Gasteiger partial charge in [0.1, 0.15) is 0 Å². The number of hydrogen-bond donors (Lipinski definition) is 2. The Hall–Kier alpha value is -1.57. The fourth-order valence-electron chi connectivity index (χ4n) is 1.76. The van der Waals surface area contributed by atoms with Crippen molar-refractivity contribution in [2.24, 2.45) is 0 Å². The molecule has 0 bridgehead atoms. The first-order valence-corrected chi connectivity index (χ1v) is 7.79. The Labute approximate surface area is 122 Å². The maximum atomic E-state index is 12.2. The van der Waals surface area contributed by atoms with Crippen molar-refractivity contribution in [1.82, 2.24) is 14.5 Å². The summed E-state index contributed by atoms with van der Waals surface area (Å²) in [6, 6.07) is 4.69. The summed E-state index contributed by atoms with van der Waals surface area (Å²) in [4.78, 5) is 0.139. The van der Waals surface area contributed by atoms with E-state index in [4.69, 9.17) is 17.3 Å².